The van der Waals surface area contributed by atoms with Crippen LogP contribution < -0.4 is 5.32 Å². The van der Waals surface area contributed by atoms with Crippen LogP contribution in [0.25, 0.3) is 0 Å². The summed E-state index contributed by atoms with van der Waals surface area (Å²) in [6.45, 7) is 2.51. The van der Waals surface area contributed by atoms with Crippen LogP contribution in [0.2, 0.25) is 0 Å². The first-order valence-electron chi connectivity index (χ1n) is 5.98. The molecule has 20 heavy (non-hydrogen) atoms. The molecule has 112 valence electrons. The van der Waals surface area contributed by atoms with Crippen molar-refractivity contribution in [3.05, 3.63) is 20.8 Å². The third-order valence-electron chi connectivity index (χ3n) is 2.48. The molecule has 1 aromatic heterocycles. The van der Waals surface area contributed by atoms with Crippen molar-refractivity contribution in [2.45, 2.75) is 19.4 Å². The lowest BCUT2D eigenvalue weighted by molar-refractivity contribution is -0.143. The minimum atomic E-state index is -0.404. The number of esters is 1. The molecule has 8 heteroatoms. The molecule has 0 radical (unpaired) electrons. The summed E-state index contributed by atoms with van der Waals surface area (Å²) in [5.74, 6) is -0.644. The van der Waals surface area contributed by atoms with Crippen molar-refractivity contribution >= 4 is 43.7 Å². The Bertz CT molecular complexity index is 457. The zero-order valence-electron chi connectivity index (χ0n) is 11.2. The van der Waals surface area contributed by atoms with Gasteiger partial charge >= 0.3 is 5.97 Å². The van der Waals surface area contributed by atoms with E-state index < -0.39 is 6.10 Å². The van der Waals surface area contributed by atoms with Gasteiger partial charge in [-0.3, -0.25) is 9.59 Å². The van der Waals surface area contributed by atoms with Crippen molar-refractivity contribution < 1.29 is 19.1 Å². The molecular weight excluding hydrogens is 396 g/mol. The summed E-state index contributed by atoms with van der Waals surface area (Å²) < 4.78 is 11.4. The standard InChI is InChI=1S/C12H16Br2N2O4/c1-3-20-7(4-10(17)19-2)6-15-12(18)9-5-8(13)11(14)16-9/h5,7,16H,3-4,6H2,1-2H3,(H,15,18)/t7-/m1/s1. The monoisotopic (exact) mass is 410 g/mol. The maximum Gasteiger partial charge on any atom is 0.308 e. The average Bonchev–Trinajstić information content (AvgIpc) is 2.75. The second-order valence-electron chi connectivity index (χ2n) is 3.91. The molecule has 1 heterocycles. The van der Waals surface area contributed by atoms with E-state index in [0.717, 1.165) is 4.47 Å². The highest BCUT2D eigenvalue weighted by atomic mass is 79.9. The van der Waals surface area contributed by atoms with Crippen LogP contribution in [-0.2, 0) is 14.3 Å². The molecule has 1 amide bonds. The van der Waals surface area contributed by atoms with E-state index in [0.29, 0.717) is 16.9 Å². The fraction of sp³-hybridized carbons (Fsp3) is 0.500. The van der Waals surface area contributed by atoms with Crippen molar-refractivity contribution in [1.82, 2.24) is 10.3 Å². The van der Waals surface area contributed by atoms with E-state index in [1.165, 1.54) is 7.11 Å². The molecule has 0 aliphatic heterocycles. The molecule has 1 rings (SSSR count). The van der Waals surface area contributed by atoms with Crippen LogP contribution in [0.5, 0.6) is 0 Å². The van der Waals surface area contributed by atoms with Crippen LogP contribution in [0.1, 0.15) is 23.8 Å². The fourth-order valence-corrected chi connectivity index (χ4v) is 2.18. The minimum Gasteiger partial charge on any atom is -0.469 e. The largest absolute Gasteiger partial charge is 0.469 e. The number of rotatable bonds is 7. The quantitative estimate of drug-likeness (QED) is 0.674. The lowest BCUT2D eigenvalue weighted by Gasteiger charge is -2.16. The fourth-order valence-electron chi connectivity index (χ4n) is 1.52. The Hall–Kier alpha value is -0.860. The van der Waals surface area contributed by atoms with Crippen LogP contribution >= 0.6 is 31.9 Å². The minimum absolute atomic E-state index is 0.0999. The van der Waals surface area contributed by atoms with Crippen LogP contribution in [0, 0.1) is 0 Å². The molecule has 0 saturated heterocycles. The van der Waals surface area contributed by atoms with Gasteiger partial charge in [0, 0.05) is 13.2 Å². The highest BCUT2D eigenvalue weighted by Gasteiger charge is 2.17. The summed E-state index contributed by atoms with van der Waals surface area (Å²) in [6, 6.07) is 1.66. The van der Waals surface area contributed by atoms with Crippen molar-refractivity contribution in [3.8, 4) is 0 Å². The number of aromatic amines is 1. The van der Waals surface area contributed by atoms with Gasteiger partial charge in [-0.2, -0.15) is 0 Å². The van der Waals surface area contributed by atoms with Crippen LogP contribution in [0.4, 0.5) is 0 Å². The van der Waals surface area contributed by atoms with Crippen molar-refractivity contribution in [1.29, 1.82) is 0 Å². The molecule has 0 saturated carbocycles. The zero-order valence-corrected chi connectivity index (χ0v) is 14.3. The molecular formula is C12H16Br2N2O4. The van der Waals surface area contributed by atoms with Crippen molar-refractivity contribution in [2.75, 3.05) is 20.3 Å². The van der Waals surface area contributed by atoms with Gasteiger partial charge in [0.25, 0.3) is 5.91 Å². The second kappa shape index (κ2) is 8.43. The Morgan fingerprint density at radius 2 is 2.15 bits per heavy atom. The highest BCUT2D eigenvalue weighted by Crippen LogP contribution is 2.22. The molecule has 0 aromatic carbocycles. The first-order valence-corrected chi connectivity index (χ1v) is 7.57. The number of aromatic nitrogens is 1. The molecule has 0 aliphatic carbocycles. The smallest absolute Gasteiger partial charge is 0.308 e. The molecule has 0 unspecified atom stereocenters. The number of halogens is 2. The van der Waals surface area contributed by atoms with E-state index in [-0.39, 0.29) is 24.8 Å². The van der Waals surface area contributed by atoms with Crippen LogP contribution in [0.15, 0.2) is 15.1 Å². The van der Waals surface area contributed by atoms with E-state index in [1.54, 1.807) is 6.07 Å². The second-order valence-corrected chi connectivity index (χ2v) is 5.56. The van der Waals surface area contributed by atoms with Gasteiger partial charge < -0.3 is 19.8 Å². The van der Waals surface area contributed by atoms with Gasteiger partial charge in [-0.15, -0.1) is 0 Å². The lowest BCUT2D eigenvalue weighted by Crippen LogP contribution is -2.35. The van der Waals surface area contributed by atoms with Gasteiger partial charge in [0.2, 0.25) is 0 Å². The number of carbonyl (C=O) groups excluding carboxylic acids is 2. The average molecular weight is 412 g/mol. The van der Waals surface area contributed by atoms with E-state index in [4.69, 9.17) is 4.74 Å². The summed E-state index contributed by atoms with van der Waals surface area (Å²) in [6.07, 6.45) is -0.304. The number of amides is 1. The third kappa shape index (κ3) is 5.26. The molecule has 6 nitrogen and oxygen atoms in total. The lowest BCUT2D eigenvalue weighted by atomic mass is 10.2. The van der Waals surface area contributed by atoms with Crippen LogP contribution in [0.3, 0.4) is 0 Å². The van der Waals surface area contributed by atoms with E-state index in [2.05, 4.69) is 46.9 Å². The molecule has 0 spiro atoms. The van der Waals surface area contributed by atoms with Gasteiger partial charge in [0.15, 0.2) is 0 Å². The number of hydrogen-bond donors (Lipinski definition) is 2. The van der Waals surface area contributed by atoms with Gasteiger partial charge in [0.05, 0.1) is 28.7 Å². The van der Waals surface area contributed by atoms with Crippen molar-refractivity contribution in [3.63, 3.8) is 0 Å². The first kappa shape index (κ1) is 17.2. The zero-order chi connectivity index (χ0) is 15.1. The first-order chi connectivity index (χ1) is 9.47. The topological polar surface area (TPSA) is 80.4 Å². The normalized spacial score (nSPS) is 12.0. The van der Waals surface area contributed by atoms with E-state index in [9.17, 15) is 9.59 Å². The molecule has 0 aliphatic rings. The number of ether oxygens (including phenoxy) is 2. The molecule has 2 N–H and O–H groups in total. The Balaban J connectivity index is 2.53. The SMILES string of the molecule is CCO[C@@H](CNC(=O)c1cc(Br)c(Br)[nH]1)CC(=O)OC. The summed E-state index contributed by atoms with van der Waals surface area (Å²) in [4.78, 5) is 26.0. The predicted molar refractivity (Wildman–Crippen MR) is 80.6 cm³/mol. The van der Waals surface area contributed by atoms with Gasteiger partial charge in [-0.25, -0.2) is 0 Å². The Morgan fingerprint density at radius 1 is 1.45 bits per heavy atom. The summed E-state index contributed by atoms with van der Waals surface area (Å²) in [7, 11) is 1.32. The van der Waals surface area contributed by atoms with Crippen LogP contribution in [-0.4, -0.2) is 43.2 Å². The van der Waals surface area contributed by atoms with Gasteiger partial charge in [0.1, 0.15) is 5.69 Å². The molecule has 0 fully saturated rings. The number of nitrogens with one attached hydrogen (secondary N) is 2. The number of H-pyrrole nitrogens is 1. The van der Waals surface area contributed by atoms with E-state index >= 15 is 0 Å². The van der Waals surface area contributed by atoms with E-state index in [1.807, 2.05) is 6.92 Å². The summed E-state index contributed by atoms with van der Waals surface area (Å²) in [5.41, 5.74) is 0.414. The highest BCUT2D eigenvalue weighted by molar-refractivity contribution is 9.13. The molecule has 0 bridgehead atoms. The summed E-state index contributed by atoms with van der Waals surface area (Å²) in [5, 5.41) is 2.71. The predicted octanol–water partition coefficient (Wildman–Crippen LogP) is 2.24. The number of methoxy groups -OCH3 is 1. The Labute approximate surface area is 133 Å². The Kier molecular flexibility index (Phi) is 7.25. The Morgan fingerprint density at radius 3 is 2.65 bits per heavy atom. The molecule has 1 aromatic rings. The van der Waals surface area contributed by atoms with Gasteiger partial charge in [-0.1, -0.05) is 0 Å². The maximum absolute atomic E-state index is 11.9. The molecule has 1 atom stereocenters. The number of hydrogen-bond acceptors (Lipinski definition) is 4. The van der Waals surface area contributed by atoms with Gasteiger partial charge in [-0.05, 0) is 44.8 Å². The number of carbonyl (C=O) groups is 2. The van der Waals surface area contributed by atoms with Crippen molar-refractivity contribution in [2.24, 2.45) is 0 Å². The third-order valence-corrected chi connectivity index (χ3v) is 4.27. The maximum atomic E-state index is 11.9. The summed E-state index contributed by atoms with van der Waals surface area (Å²) >= 11 is 6.55.